The van der Waals surface area contributed by atoms with Crippen LogP contribution in [0.1, 0.15) is 24.8 Å². The molecule has 0 saturated heterocycles. The minimum atomic E-state index is -0.236. The number of anilines is 1. The summed E-state index contributed by atoms with van der Waals surface area (Å²) in [5, 5.41) is 16.1. The molecule has 0 unspecified atom stereocenters. The second-order valence-corrected chi connectivity index (χ2v) is 4.42. The predicted molar refractivity (Wildman–Crippen MR) is 70.8 cm³/mol. The van der Waals surface area contributed by atoms with Gasteiger partial charge in [-0.15, -0.1) is 0 Å². The molecule has 2 amide bonds. The van der Waals surface area contributed by atoms with E-state index in [0.717, 1.165) is 24.1 Å². The fourth-order valence-corrected chi connectivity index (χ4v) is 1.81. The predicted octanol–water partition coefficient (Wildman–Crippen LogP) is 2.80. The third-order valence-electron chi connectivity index (χ3n) is 2.99. The molecule has 2 N–H and O–H groups in total. The average Bonchev–Trinajstić information content (AvgIpc) is 2.32. The smallest absolute Gasteiger partial charge is 0.319 e. The zero-order valence-electron chi connectivity index (χ0n) is 10.2. The van der Waals surface area contributed by atoms with Crippen molar-refractivity contribution < 1.29 is 9.90 Å². The summed E-state index contributed by atoms with van der Waals surface area (Å²) in [6.45, 7) is -0.236. The quantitative estimate of drug-likeness (QED) is 0.841. The molecule has 4 heteroatoms. The molecule has 4 nitrogen and oxygen atoms in total. The fraction of sp³-hybridized carbons (Fsp3) is 0.357. The molecule has 1 aliphatic rings. The second-order valence-electron chi connectivity index (χ2n) is 4.42. The molecule has 1 radical (unpaired) electrons. The van der Waals surface area contributed by atoms with Gasteiger partial charge in [-0.3, -0.25) is 0 Å². The van der Waals surface area contributed by atoms with E-state index in [2.05, 4.69) is 10.6 Å². The van der Waals surface area contributed by atoms with E-state index in [1.54, 1.807) is 12.2 Å². The van der Waals surface area contributed by atoms with Gasteiger partial charge in [0.05, 0.1) is 0 Å². The van der Waals surface area contributed by atoms with Gasteiger partial charge in [-0.25, -0.2) is 9.90 Å². The molecule has 1 aromatic rings. The average molecular weight is 245 g/mol. The van der Waals surface area contributed by atoms with Gasteiger partial charge in [-0.05, 0) is 37.0 Å². The highest BCUT2D eigenvalue weighted by Crippen LogP contribution is 2.18. The number of hydrogen-bond acceptors (Lipinski definition) is 1. The minimum Gasteiger partial charge on any atom is -0.335 e. The Hall–Kier alpha value is -1.81. The standard InChI is InChI=1S/C14H17N2O2/c17-9-3-5-11-4-1-8-13(10-11)16-14(18)15-12-6-2-7-12/h1,3-5,8,10,12H,2,6-7,9H2,(H2,15,16,18)/b5-3+. The highest BCUT2D eigenvalue weighted by Gasteiger charge is 2.19. The van der Waals surface area contributed by atoms with Crippen LogP contribution >= 0.6 is 0 Å². The van der Waals surface area contributed by atoms with Crippen LogP contribution in [-0.4, -0.2) is 18.7 Å². The summed E-state index contributed by atoms with van der Waals surface area (Å²) in [4.78, 5) is 11.7. The first-order valence-electron chi connectivity index (χ1n) is 6.20. The van der Waals surface area contributed by atoms with Crippen molar-refractivity contribution in [2.75, 3.05) is 11.9 Å². The van der Waals surface area contributed by atoms with Crippen LogP contribution in [0.15, 0.2) is 30.3 Å². The van der Waals surface area contributed by atoms with E-state index in [1.165, 1.54) is 6.42 Å². The Balaban J connectivity index is 1.91. The largest absolute Gasteiger partial charge is 0.335 e. The van der Waals surface area contributed by atoms with E-state index in [-0.39, 0.29) is 12.6 Å². The zero-order valence-corrected chi connectivity index (χ0v) is 10.2. The van der Waals surface area contributed by atoms with Gasteiger partial charge in [0, 0.05) is 11.7 Å². The molecule has 18 heavy (non-hydrogen) atoms. The van der Waals surface area contributed by atoms with Crippen molar-refractivity contribution in [1.29, 1.82) is 0 Å². The number of urea groups is 1. The molecule has 1 fully saturated rings. The molecule has 2 rings (SSSR count). The highest BCUT2D eigenvalue weighted by atomic mass is 16.2. The van der Waals surface area contributed by atoms with E-state index in [9.17, 15) is 9.90 Å². The Labute approximate surface area is 107 Å². The van der Waals surface area contributed by atoms with Crippen molar-refractivity contribution in [3.05, 3.63) is 35.9 Å². The lowest BCUT2D eigenvalue weighted by Crippen LogP contribution is -2.41. The molecule has 0 aromatic heterocycles. The van der Waals surface area contributed by atoms with Gasteiger partial charge in [0.1, 0.15) is 6.61 Å². The number of rotatable bonds is 4. The maximum atomic E-state index is 11.7. The van der Waals surface area contributed by atoms with Gasteiger partial charge in [0.2, 0.25) is 0 Å². The molecule has 0 spiro atoms. The summed E-state index contributed by atoms with van der Waals surface area (Å²) in [5.74, 6) is 0. The van der Waals surface area contributed by atoms with Gasteiger partial charge in [0.25, 0.3) is 0 Å². The van der Waals surface area contributed by atoms with Gasteiger partial charge in [0.15, 0.2) is 0 Å². The molecule has 1 saturated carbocycles. The first-order valence-corrected chi connectivity index (χ1v) is 6.20. The van der Waals surface area contributed by atoms with Gasteiger partial charge >= 0.3 is 6.03 Å². The Bertz CT molecular complexity index is 439. The number of carbonyl (C=O) groups is 1. The lowest BCUT2D eigenvalue weighted by atomic mass is 9.93. The maximum Gasteiger partial charge on any atom is 0.319 e. The van der Waals surface area contributed by atoms with Crippen molar-refractivity contribution in [1.82, 2.24) is 5.32 Å². The lowest BCUT2D eigenvalue weighted by Gasteiger charge is -2.26. The Morgan fingerprint density at radius 3 is 2.89 bits per heavy atom. The number of nitrogens with one attached hydrogen (secondary N) is 2. The zero-order chi connectivity index (χ0) is 12.8. The molecule has 0 aliphatic heterocycles. The molecule has 95 valence electrons. The maximum absolute atomic E-state index is 11.7. The van der Waals surface area contributed by atoms with E-state index >= 15 is 0 Å². The molecular weight excluding hydrogens is 228 g/mol. The van der Waals surface area contributed by atoms with E-state index in [4.69, 9.17) is 0 Å². The van der Waals surface area contributed by atoms with Gasteiger partial charge < -0.3 is 10.6 Å². The monoisotopic (exact) mass is 245 g/mol. The highest BCUT2D eigenvalue weighted by molar-refractivity contribution is 5.89. The second kappa shape index (κ2) is 6.21. The molecule has 1 aliphatic carbocycles. The Morgan fingerprint density at radius 2 is 2.22 bits per heavy atom. The number of benzene rings is 1. The third-order valence-corrected chi connectivity index (χ3v) is 2.99. The van der Waals surface area contributed by atoms with Crippen LogP contribution in [0.4, 0.5) is 10.5 Å². The molecular formula is C14H17N2O2. The van der Waals surface area contributed by atoms with Crippen LogP contribution in [0.2, 0.25) is 0 Å². The molecule has 0 bridgehead atoms. The van der Waals surface area contributed by atoms with E-state index < -0.39 is 0 Å². The Kier molecular flexibility index (Phi) is 4.36. The Morgan fingerprint density at radius 1 is 1.39 bits per heavy atom. The number of carbonyl (C=O) groups excluding carboxylic acids is 1. The summed E-state index contributed by atoms with van der Waals surface area (Å²) in [6.07, 6.45) is 6.63. The van der Waals surface area contributed by atoms with Crippen LogP contribution in [-0.2, 0) is 5.11 Å². The summed E-state index contributed by atoms with van der Waals surface area (Å²) in [7, 11) is 0. The van der Waals surface area contributed by atoms with Gasteiger partial charge in [-0.2, -0.15) is 0 Å². The van der Waals surface area contributed by atoms with Crippen LogP contribution in [0.25, 0.3) is 6.08 Å². The third kappa shape index (κ3) is 3.60. The molecule has 0 heterocycles. The summed E-state index contributed by atoms with van der Waals surface area (Å²) in [5.41, 5.74) is 1.65. The van der Waals surface area contributed by atoms with E-state index in [0.29, 0.717) is 6.04 Å². The number of hydrogen-bond donors (Lipinski definition) is 2. The number of amides is 2. The topological polar surface area (TPSA) is 61.0 Å². The van der Waals surface area contributed by atoms with Crippen LogP contribution in [0, 0.1) is 0 Å². The van der Waals surface area contributed by atoms with Crippen LogP contribution < -0.4 is 10.6 Å². The summed E-state index contributed by atoms with van der Waals surface area (Å²) >= 11 is 0. The van der Waals surface area contributed by atoms with Crippen molar-refractivity contribution in [2.24, 2.45) is 0 Å². The fourth-order valence-electron chi connectivity index (χ4n) is 1.81. The van der Waals surface area contributed by atoms with Crippen LogP contribution in [0.3, 0.4) is 0 Å². The van der Waals surface area contributed by atoms with Crippen molar-refractivity contribution >= 4 is 17.8 Å². The lowest BCUT2D eigenvalue weighted by molar-refractivity contribution is 0.233. The first-order chi connectivity index (χ1) is 8.78. The van der Waals surface area contributed by atoms with E-state index in [1.807, 2.05) is 24.3 Å². The summed E-state index contributed by atoms with van der Waals surface area (Å²) in [6, 6.07) is 7.57. The van der Waals surface area contributed by atoms with Crippen molar-refractivity contribution in [3.63, 3.8) is 0 Å². The normalized spacial score (nSPS) is 15.4. The SMILES string of the molecule is [O]C/C=C/c1cccc(NC(=O)NC2CCC2)c1. The molecule has 1 aromatic carbocycles. The van der Waals surface area contributed by atoms with Crippen LogP contribution in [0.5, 0.6) is 0 Å². The van der Waals surface area contributed by atoms with Gasteiger partial charge in [-0.1, -0.05) is 24.3 Å². The minimum absolute atomic E-state index is 0.162. The molecule has 0 atom stereocenters. The van der Waals surface area contributed by atoms with Crippen molar-refractivity contribution in [2.45, 2.75) is 25.3 Å². The van der Waals surface area contributed by atoms with Crippen molar-refractivity contribution in [3.8, 4) is 0 Å². The first kappa shape index (κ1) is 12.6. The summed E-state index contributed by atoms with van der Waals surface area (Å²) < 4.78 is 0.